The van der Waals surface area contributed by atoms with Crippen molar-refractivity contribution in [3.8, 4) is 17.0 Å². The fraction of sp³-hybridized carbons (Fsp3) is 0.312. The van der Waals surface area contributed by atoms with Gasteiger partial charge < -0.3 is 4.74 Å². The molecule has 110 valence electrons. The van der Waals surface area contributed by atoms with Crippen molar-refractivity contribution < 1.29 is 17.9 Å². The summed E-state index contributed by atoms with van der Waals surface area (Å²) >= 11 is 0. The van der Waals surface area contributed by atoms with Gasteiger partial charge in [0.2, 0.25) is 0 Å². The van der Waals surface area contributed by atoms with E-state index in [1.54, 1.807) is 18.3 Å². The van der Waals surface area contributed by atoms with Gasteiger partial charge in [0.05, 0.1) is 18.4 Å². The Morgan fingerprint density at radius 1 is 1.14 bits per heavy atom. The molecule has 0 spiro atoms. The third-order valence-electron chi connectivity index (χ3n) is 3.60. The summed E-state index contributed by atoms with van der Waals surface area (Å²) in [6.45, 7) is 0. The maximum absolute atomic E-state index is 12.9. The molecule has 0 amide bonds. The zero-order valence-electron chi connectivity index (χ0n) is 11.4. The zero-order chi connectivity index (χ0) is 15.0. The number of hydrogen-bond donors (Lipinski definition) is 0. The monoisotopic (exact) mass is 293 g/mol. The van der Waals surface area contributed by atoms with Crippen LogP contribution in [0.3, 0.4) is 0 Å². The second kappa shape index (κ2) is 5.06. The molecule has 1 fully saturated rings. The molecule has 3 rings (SSSR count). The van der Waals surface area contributed by atoms with Crippen LogP contribution in [0.1, 0.15) is 29.9 Å². The second-order valence-electron chi connectivity index (χ2n) is 5.20. The molecular formula is C16H14F3NO. The van der Waals surface area contributed by atoms with Gasteiger partial charge in [0.1, 0.15) is 5.75 Å². The van der Waals surface area contributed by atoms with E-state index in [2.05, 4.69) is 4.98 Å². The Morgan fingerprint density at radius 2 is 1.90 bits per heavy atom. The van der Waals surface area contributed by atoms with Gasteiger partial charge in [-0.2, -0.15) is 13.2 Å². The summed E-state index contributed by atoms with van der Waals surface area (Å²) in [4.78, 5) is 4.29. The minimum absolute atomic E-state index is 0.174. The van der Waals surface area contributed by atoms with E-state index < -0.39 is 11.7 Å². The van der Waals surface area contributed by atoms with Gasteiger partial charge in [-0.05, 0) is 48.6 Å². The highest BCUT2D eigenvalue weighted by molar-refractivity contribution is 5.63. The molecule has 5 heteroatoms. The van der Waals surface area contributed by atoms with Crippen molar-refractivity contribution in [2.24, 2.45) is 0 Å². The van der Waals surface area contributed by atoms with Crippen molar-refractivity contribution in [3.05, 3.63) is 47.7 Å². The lowest BCUT2D eigenvalue weighted by Gasteiger charge is -2.11. The Morgan fingerprint density at radius 3 is 2.43 bits per heavy atom. The summed E-state index contributed by atoms with van der Waals surface area (Å²) in [6, 6.07) is 7.35. The molecule has 21 heavy (non-hydrogen) atoms. The number of hydrogen-bond acceptors (Lipinski definition) is 2. The van der Waals surface area contributed by atoms with Crippen LogP contribution in [-0.2, 0) is 6.18 Å². The normalized spacial score (nSPS) is 15.0. The Bertz CT molecular complexity index is 646. The van der Waals surface area contributed by atoms with Gasteiger partial charge in [-0.25, -0.2) is 0 Å². The molecule has 0 unspecified atom stereocenters. The summed E-state index contributed by atoms with van der Waals surface area (Å²) in [5.74, 6) is 0.746. The third-order valence-corrected chi connectivity index (χ3v) is 3.60. The van der Waals surface area contributed by atoms with E-state index >= 15 is 0 Å². The van der Waals surface area contributed by atoms with Crippen LogP contribution in [0, 0.1) is 0 Å². The highest BCUT2D eigenvalue weighted by Crippen LogP contribution is 2.40. The minimum Gasteiger partial charge on any atom is -0.497 e. The molecule has 1 aliphatic carbocycles. The van der Waals surface area contributed by atoms with E-state index in [0.29, 0.717) is 17.2 Å². The Kier molecular flexibility index (Phi) is 3.35. The number of halogens is 3. The van der Waals surface area contributed by atoms with Crippen LogP contribution in [-0.4, -0.2) is 12.1 Å². The first-order valence-electron chi connectivity index (χ1n) is 6.70. The Labute approximate surface area is 120 Å². The third kappa shape index (κ3) is 3.01. The van der Waals surface area contributed by atoms with E-state index in [1.807, 2.05) is 6.07 Å². The predicted molar refractivity (Wildman–Crippen MR) is 73.2 cm³/mol. The van der Waals surface area contributed by atoms with Crippen molar-refractivity contribution in [2.45, 2.75) is 24.9 Å². The maximum atomic E-state index is 12.9. The number of alkyl halides is 3. The van der Waals surface area contributed by atoms with Crippen molar-refractivity contribution in [3.63, 3.8) is 0 Å². The molecule has 1 aliphatic rings. The first-order valence-corrected chi connectivity index (χ1v) is 6.70. The number of benzene rings is 1. The van der Waals surface area contributed by atoms with Crippen LogP contribution in [0.5, 0.6) is 5.75 Å². The van der Waals surface area contributed by atoms with Crippen molar-refractivity contribution >= 4 is 0 Å². The van der Waals surface area contributed by atoms with E-state index in [1.165, 1.54) is 20.0 Å². The molecule has 0 bridgehead atoms. The molecule has 1 aromatic carbocycles. The molecule has 2 nitrogen and oxygen atoms in total. The van der Waals surface area contributed by atoms with Gasteiger partial charge in [-0.3, -0.25) is 4.98 Å². The van der Waals surface area contributed by atoms with E-state index in [0.717, 1.165) is 17.7 Å². The summed E-state index contributed by atoms with van der Waals surface area (Å²) in [7, 11) is 1.35. The van der Waals surface area contributed by atoms with Crippen LogP contribution in [0.2, 0.25) is 0 Å². The molecule has 0 N–H and O–H groups in total. The van der Waals surface area contributed by atoms with Gasteiger partial charge in [-0.15, -0.1) is 0 Å². The van der Waals surface area contributed by atoms with Gasteiger partial charge >= 0.3 is 6.18 Å². The van der Waals surface area contributed by atoms with Gasteiger partial charge in [0, 0.05) is 11.8 Å². The summed E-state index contributed by atoms with van der Waals surface area (Å²) in [5.41, 5.74) is 1.34. The quantitative estimate of drug-likeness (QED) is 0.821. The van der Waals surface area contributed by atoms with E-state index in [4.69, 9.17) is 4.74 Å². The minimum atomic E-state index is -4.41. The number of nitrogens with zero attached hydrogens (tertiary/aromatic N) is 1. The predicted octanol–water partition coefficient (Wildman–Crippen LogP) is 4.65. The fourth-order valence-electron chi connectivity index (χ4n) is 2.26. The average Bonchev–Trinajstić information content (AvgIpc) is 3.30. The Balaban J connectivity index is 1.99. The molecule has 2 aromatic rings. The first kappa shape index (κ1) is 13.9. The number of pyridine rings is 1. The van der Waals surface area contributed by atoms with Gasteiger partial charge in [0.25, 0.3) is 0 Å². The van der Waals surface area contributed by atoms with Gasteiger partial charge in [-0.1, -0.05) is 6.07 Å². The van der Waals surface area contributed by atoms with Crippen molar-refractivity contribution in [1.82, 2.24) is 4.98 Å². The van der Waals surface area contributed by atoms with Crippen LogP contribution in [0.15, 0.2) is 36.5 Å². The molecule has 0 atom stereocenters. The molecular weight excluding hydrogens is 279 g/mol. The van der Waals surface area contributed by atoms with Crippen LogP contribution >= 0.6 is 0 Å². The van der Waals surface area contributed by atoms with Crippen molar-refractivity contribution in [2.75, 3.05) is 7.11 Å². The maximum Gasteiger partial charge on any atom is 0.416 e. The summed E-state index contributed by atoms with van der Waals surface area (Å²) in [6.07, 6.45) is -0.326. The first-order chi connectivity index (χ1) is 9.97. The van der Waals surface area contributed by atoms with Crippen LogP contribution in [0.4, 0.5) is 13.2 Å². The largest absolute Gasteiger partial charge is 0.497 e. The number of methoxy groups -OCH3 is 1. The smallest absolute Gasteiger partial charge is 0.416 e. The molecule has 1 saturated carbocycles. The van der Waals surface area contributed by atoms with Crippen LogP contribution < -0.4 is 4.74 Å². The topological polar surface area (TPSA) is 22.1 Å². The number of rotatable bonds is 3. The second-order valence-corrected chi connectivity index (χ2v) is 5.20. The standard InChI is InChI=1S/C16H14F3NO/c1-21-14-7-12(6-13(8-14)16(17,18)19)15-5-4-11(9-20-15)10-2-3-10/h4-10H,2-3H2,1H3. The number of aromatic nitrogens is 1. The molecule has 0 radical (unpaired) electrons. The lowest BCUT2D eigenvalue weighted by atomic mass is 10.1. The zero-order valence-corrected chi connectivity index (χ0v) is 11.4. The number of ether oxygens (including phenoxy) is 1. The summed E-state index contributed by atoms with van der Waals surface area (Å²) in [5, 5.41) is 0. The van der Waals surface area contributed by atoms with E-state index in [-0.39, 0.29) is 5.75 Å². The lowest BCUT2D eigenvalue weighted by molar-refractivity contribution is -0.137. The fourth-order valence-corrected chi connectivity index (χ4v) is 2.26. The summed E-state index contributed by atoms with van der Waals surface area (Å²) < 4.78 is 43.7. The molecule has 1 aromatic heterocycles. The van der Waals surface area contributed by atoms with E-state index in [9.17, 15) is 13.2 Å². The lowest BCUT2D eigenvalue weighted by Crippen LogP contribution is -2.05. The average molecular weight is 293 g/mol. The Hall–Kier alpha value is -2.04. The molecule has 0 saturated heterocycles. The SMILES string of the molecule is COc1cc(-c2ccc(C3CC3)cn2)cc(C(F)(F)F)c1. The highest BCUT2D eigenvalue weighted by atomic mass is 19.4. The molecule has 0 aliphatic heterocycles. The van der Waals surface area contributed by atoms with Crippen LogP contribution in [0.25, 0.3) is 11.3 Å². The molecule has 1 heterocycles. The highest BCUT2D eigenvalue weighted by Gasteiger charge is 2.31. The van der Waals surface area contributed by atoms with Gasteiger partial charge in [0.15, 0.2) is 0 Å². The van der Waals surface area contributed by atoms with Crippen molar-refractivity contribution in [1.29, 1.82) is 0 Å².